The third kappa shape index (κ3) is 7.36. The van der Waals surface area contributed by atoms with Crippen molar-refractivity contribution in [3.05, 3.63) is 0 Å². The lowest BCUT2D eigenvalue weighted by Gasteiger charge is -2.26. The Morgan fingerprint density at radius 3 is 2.20 bits per heavy atom. The molecular formula is C8H20Cl2N2O2S. The van der Waals surface area contributed by atoms with Gasteiger partial charge in [-0.05, 0) is 0 Å². The molecular weight excluding hydrogens is 259 g/mol. The van der Waals surface area contributed by atoms with Gasteiger partial charge in [-0.1, -0.05) is 6.92 Å². The van der Waals surface area contributed by atoms with Crippen LogP contribution in [0, 0.1) is 0 Å². The van der Waals surface area contributed by atoms with Crippen LogP contribution in [0.25, 0.3) is 0 Å². The molecule has 1 aliphatic rings. The topological polar surface area (TPSA) is 49.4 Å². The molecule has 1 aliphatic heterocycles. The number of rotatable bonds is 4. The van der Waals surface area contributed by atoms with Crippen molar-refractivity contribution in [2.24, 2.45) is 0 Å². The fourth-order valence-corrected chi connectivity index (χ4v) is 2.17. The van der Waals surface area contributed by atoms with Crippen molar-refractivity contribution in [3.63, 3.8) is 0 Å². The van der Waals surface area contributed by atoms with Crippen molar-refractivity contribution in [1.82, 2.24) is 10.2 Å². The van der Waals surface area contributed by atoms with Crippen molar-refractivity contribution in [2.45, 2.75) is 6.92 Å². The van der Waals surface area contributed by atoms with E-state index in [9.17, 15) is 8.42 Å². The van der Waals surface area contributed by atoms with Gasteiger partial charge in [0.2, 0.25) is 0 Å². The molecule has 0 aliphatic carbocycles. The Morgan fingerprint density at radius 1 is 1.20 bits per heavy atom. The van der Waals surface area contributed by atoms with Crippen LogP contribution in [0.1, 0.15) is 6.92 Å². The van der Waals surface area contributed by atoms with E-state index in [1.807, 2.05) is 0 Å². The molecule has 7 heteroatoms. The summed E-state index contributed by atoms with van der Waals surface area (Å²) in [7, 11) is -2.78. The molecule has 0 aromatic carbocycles. The van der Waals surface area contributed by atoms with Crippen molar-refractivity contribution >= 4 is 34.7 Å². The summed E-state index contributed by atoms with van der Waals surface area (Å²) >= 11 is 0. The van der Waals surface area contributed by atoms with Gasteiger partial charge in [-0.15, -0.1) is 24.8 Å². The monoisotopic (exact) mass is 278 g/mol. The van der Waals surface area contributed by atoms with Crippen molar-refractivity contribution < 1.29 is 8.42 Å². The van der Waals surface area contributed by atoms with E-state index in [1.54, 1.807) is 6.92 Å². The van der Waals surface area contributed by atoms with Gasteiger partial charge >= 0.3 is 0 Å². The van der Waals surface area contributed by atoms with Crippen LogP contribution in [-0.4, -0.2) is 57.5 Å². The first kappa shape index (κ1) is 17.8. The molecule has 0 bridgehead atoms. The first-order valence-electron chi connectivity index (χ1n) is 4.77. The van der Waals surface area contributed by atoms with Crippen LogP contribution in [0.3, 0.4) is 0 Å². The fourth-order valence-electron chi connectivity index (χ4n) is 1.35. The van der Waals surface area contributed by atoms with Crippen LogP contribution >= 0.6 is 24.8 Å². The largest absolute Gasteiger partial charge is 0.314 e. The maximum Gasteiger partial charge on any atom is 0.151 e. The van der Waals surface area contributed by atoms with Crippen LogP contribution in [0.2, 0.25) is 0 Å². The molecule has 94 valence electrons. The van der Waals surface area contributed by atoms with Gasteiger partial charge in [0, 0.05) is 38.5 Å². The highest BCUT2D eigenvalue weighted by Crippen LogP contribution is 1.95. The van der Waals surface area contributed by atoms with Crippen molar-refractivity contribution in [2.75, 3.05) is 44.2 Å². The second-order valence-corrected chi connectivity index (χ2v) is 5.80. The van der Waals surface area contributed by atoms with Crippen LogP contribution < -0.4 is 5.32 Å². The van der Waals surface area contributed by atoms with E-state index in [2.05, 4.69) is 10.2 Å². The van der Waals surface area contributed by atoms with Gasteiger partial charge in [-0.3, -0.25) is 4.90 Å². The summed E-state index contributed by atoms with van der Waals surface area (Å²) in [6.07, 6.45) is 0. The SMILES string of the molecule is CCS(=O)(=O)CCN1CCNCC1.Cl.Cl. The normalized spacial score (nSPS) is 17.7. The summed E-state index contributed by atoms with van der Waals surface area (Å²) in [5.74, 6) is 0.572. The minimum atomic E-state index is -2.78. The van der Waals surface area contributed by atoms with Gasteiger partial charge in [-0.25, -0.2) is 8.42 Å². The number of hydrogen-bond acceptors (Lipinski definition) is 4. The second kappa shape index (κ2) is 8.58. The predicted molar refractivity (Wildman–Crippen MR) is 68.1 cm³/mol. The van der Waals surface area contributed by atoms with Gasteiger partial charge in [0.1, 0.15) is 0 Å². The molecule has 0 saturated carbocycles. The third-order valence-corrected chi connectivity index (χ3v) is 4.05. The molecule has 1 fully saturated rings. The van der Waals surface area contributed by atoms with E-state index in [4.69, 9.17) is 0 Å². The molecule has 1 N–H and O–H groups in total. The Morgan fingerprint density at radius 2 is 1.73 bits per heavy atom. The summed E-state index contributed by atoms with van der Waals surface area (Å²) in [6.45, 7) is 6.29. The highest BCUT2D eigenvalue weighted by molar-refractivity contribution is 7.91. The Kier molecular flexibility index (Phi) is 10.2. The van der Waals surface area contributed by atoms with E-state index >= 15 is 0 Å². The smallest absolute Gasteiger partial charge is 0.151 e. The Hall–Kier alpha value is 0.450. The average molecular weight is 279 g/mol. The molecule has 0 aromatic heterocycles. The zero-order valence-corrected chi connectivity index (χ0v) is 11.4. The minimum Gasteiger partial charge on any atom is -0.314 e. The summed E-state index contributed by atoms with van der Waals surface area (Å²) in [5, 5.41) is 3.23. The molecule has 15 heavy (non-hydrogen) atoms. The first-order valence-corrected chi connectivity index (χ1v) is 6.59. The maximum atomic E-state index is 11.2. The Bertz CT molecular complexity index is 241. The van der Waals surface area contributed by atoms with Crippen LogP contribution in [0.15, 0.2) is 0 Å². The molecule has 1 heterocycles. The van der Waals surface area contributed by atoms with Gasteiger partial charge in [0.25, 0.3) is 0 Å². The molecule has 0 spiro atoms. The van der Waals surface area contributed by atoms with E-state index in [-0.39, 0.29) is 30.6 Å². The third-order valence-electron chi connectivity index (χ3n) is 2.37. The Balaban J connectivity index is 0. The number of nitrogens with zero attached hydrogens (tertiary/aromatic N) is 1. The minimum absolute atomic E-state index is 0. The molecule has 0 radical (unpaired) electrons. The lowest BCUT2D eigenvalue weighted by atomic mass is 10.4. The molecule has 0 amide bonds. The van der Waals surface area contributed by atoms with Crippen LogP contribution in [0.5, 0.6) is 0 Å². The standard InChI is InChI=1S/C8H18N2O2S.2ClH/c1-2-13(11,12)8-7-10-5-3-9-4-6-10;;/h9H,2-8H2,1H3;2*1H. The summed E-state index contributed by atoms with van der Waals surface area (Å²) in [4.78, 5) is 2.20. The average Bonchev–Trinajstić information content (AvgIpc) is 2.17. The zero-order valence-electron chi connectivity index (χ0n) is 8.94. The number of piperazine rings is 1. The zero-order chi connectivity index (χ0) is 9.73. The molecule has 4 nitrogen and oxygen atoms in total. The van der Waals surface area contributed by atoms with E-state index in [0.717, 1.165) is 26.2 Å². The summed E-state index contributed by atoms with van der Waals surface area (Å²) in [5.41, 5.74) is 0. The van der Waals surface area contributed by atoms with Gasteiger partial charge in [-0.2, -0.15) is 0 Å². The van der Waals surface area contributed by atoms with Gasteiger partial charge < -0.3 is 5.32 Å². The number of sulfone groups is 1. The Labute approximate surface area is 105 Å². The molecule has 0 unspecified atom stereocenters. The first-order chi connectivity index (χ1) is 6.14. The molecule has 0 aromatic rings. The van der Waals surface area contributed by atoms with Crippen LogP contribution in [-0.2, 0) is 9.84 Å². The lowest BCUT2D eigenvalue weighted by molar-refractivity contribution is 0.254. The quantitative estimate of drug-likeness (QED) is 0.797. The maximum absolute atomic E-state index is 11.2. The van der Waals surface area contributed by atoms with Crippen LogP contribution in [0.4, 0.5) is 0 Å². The number of hydrogen-bond donors (Lipinski definition) is 1. The fraction of sp³-hybridized carbons (Fsp3) is 1.00. The predicted octanol–water partition coefficient (Wildman–Crippen LogP) is 0.170. The van der Waals surface area contributed by atoms with E-state index in [1.165, 1.54) is 0 Å². The van der Waals surface area contributed by atoms with E-state index < -0.39 is 9.84 Å². The number of nitrogens with one attached hydrogen (secondary N) is 1. The second-order valence-electron chi connectivity index (χ2n) is 3.33. The molecule has 1 rings (SSSR count). The van der Waals surface area contributed by atoms with E-state index in [0.29, 0.717) is 12.3 Å². The molecule has 1 saturated heterocycles. The van der Waals surface area contributed by atoms with Crippen molar-refractivity contribution in [3.8, 4) is 0 Å². The number of halogens is 2. The van der Waals surface area contributed by atoms with Crippen molar-refractivity contribution in [1.29, 1.82) is 0 Å². The lowest BCUT2D eigenvalue weighted by Crippen LogP contribution is -2.45. The van der Waals surface area contributed by atoms with Gasteiger partial charge in [0.15, 0.2) is 9.84 Å². The highest BCUT2D eigenvalue weighted by atomic mass is 35.5. The van der Waals surface area contributed by atoms with Gasteiger partial charge in [0.05, 0.1) is 5.75 Å². The molecule has 0 atom stereocenters. The highest BCUT2D eigenvalue weighted by Gasteiger charge is 2.13. The summed E-state index contributed by atoms with van der Waals surface area (Å²) in [6, 6.07) is 0. The summed E-state index contributed by atoms with van der Waals surface area (Å²) < 4.78 is 22.4.